The Kier molecular flexibility index (Phi) is 10.0. The predicted molar refractivity (Wildman–Crippen MR) is 188 cm³/mol. The molecule has 0 bridgehead atoms. The van der Waals surface area contributed by atoms with Gasteiger partial charge < -0.3 is 18.9 Å². The third-order valence-corrected chi connectivity index (χ3v) is 9.27. The Morgan fingerprint density at radius 3 is 2.40 bits per heavy atom. The van der Waals surface area contributed by atoms with Gasteiger partial charge in [-0.2, -0.15) is 0 Å². The van der Waals surface area contributed by atoms with Crippen molar-refractivity contribution in [3.05, 3.63) is 149 Å². The molecule has 0 amide bonds. The van der Waals surface area contributed by atoms with Crippen LogP contribution in [0, 0.1) is 0 Å². The van der Waals surface area contributed by atoms with Crippen LogP contribution in [0.5, 0.6) is 17.2 Å². The number of carbonyl (C=O) groups excluding carboxylic acids is 1. The lowest BCUT2D eigenvalue weighted by Crippen LogP contribution is -2.40. The zero-order valence-electron chi connectivity index (χ0n) is 26.2. The number of ether oxygens (including phenoxy) is 4. The number of nitrogens with zero attached hydrogens (tertiary/aromatic N) is 2. The first kappa shape index (κ1) is 33.1. The molecule has 0 fully saturated rings. The molecule has 1 atom stereocenters. The highest BCUT2D eigenvalue weighted by molar-refractivity contribution is 7.07. The van der Waals surface area contributed by atoms with E-state index in [1.54, 1.807) is 44.4 Å². The summed E-state index contributed by atoms with van der Waals surface area (Å²) in [5.41, 5.74) is 3.11. The third-order valence-electron chi connectivity index (χ3n) is 7.70. The summed E-state index contributed by atoms with van der Waals surface area (Å²) in [5, 5.41) is 1.03. The van der Waals surface area contributed by atoms with Crippen LogP contribution in [-0.2, 0) is 16.1 Å². The number of para-hydroxylation sites is 1. The molecule has 8 nitrogen and oxygen atoms in total. The Morgan fingerprint density at radius 2 is 1.67 bits per heavy atom. The van der Waals surface area contributed by atoms with E-state index >= 15 is 0 Å². The Labute approximate surface area is 290 Å². The fraction of sp³-hybridized carbons (Fsp3) is 0.162. The molecule has 4 aromatic carbocycles. The number of fused-ring (bicyclic) bond motifs is 1. The summed E-state index contributed by atoms with van der Waals surface area (Å²) in [5.74, 6) is 0.942. The fourth-order valence-electron chi connectivity index (χ4n) is 5.45. The van der Waals surface area contributed by atoms with Crippen molar-refractivity contribution in [2.45, 2.75) is 19.6 Å². The van der Waals surface area contributed by atoms with Gasteiger partial charge >= 0.3 is 5.97 Å². The van der Waals surface area contributed by atoms with Crippen LogP contribution in [0.1, 0.15) is 35.2 Å². The third kappa shape index (κ3) is 6.62. The molecular weight excluding hydrogens is 671 g/mol. The second-order valence-corrected chi connectivity index (χ2v) is 12.5. The Hall–Kier alpha value is -4.83. The van der Waals surface area contributed by atoms with E-state index in [9.17, 15) is 9.59 Å². The number of hydrogen-bond donors (Lipinski definition) is 0. The number of hydrogen-bond acceptors (Lipinski definition) is 8. The number of esters is 1. The van der Waals surface area contributed by atoms with Crippen LogP contribution in [0.4, 0.5) is 0 Å². The van der Waals surface area contributed by atoms with Gasteiger partial charge in [-0.25, -0.2) is 9.79 Å². The number of thiazole rings is 1. The van der Waals surface area contributed by atoms with Gasteiger partial charge in [0.2, 0.25) is 0 Å². The van der Waals surface area contributed by atoms with Crippen molar-refractivity contribution in [1.82, 2.24) is 4.57 Å². The van der Waals surface area contributed by atoms with E-state index in [0.29, 0.717) is 59.0 Å². The molecule has 0 unspecified atom stereocenters. The van der Waals surface area contributed by atoms with E-state index < -0.39 is 12.0 Å². The van der Waals surface area contributed by atoms with Crippen molar-refractivity contribution in [3.8, 4) is 17.2 Å². The van der Waals surface area contributed by atoms with Gasteiger partial charge in [-0.05, 0) is 48.9 Å². The molecule has 0 N–H and O–H groups in total. The van der Waals surface area contributed by atoms with Crippen molar-refractivity contribution in [2.75, 3.05) is 20.8 Å². The SMILES string of the molecule is CCOC(=O)C1=C(c2ccccc2)N=c2s/c(=C/c3ccccc3OCc3ccc(Cl)cc3Cl)c(=O)n2[C@H]1c1ccc(OC)c(OC)c1. The van der Waals surface area contributed by atoms with Crippen LogP contribution in [0.2, 0.25) is 10.0 Å². The van der Waals surface area contributed by atoms with Gasteiger partial charge in [0.25, 0.3) is 5.56 Å². The maximum atomic E-state index is 14.4. The molecule has 1 aliphatic rings. The maximum Gasteiger partial charge on any atom is 0.338 e. The second-order valence-electron chi connectivity index (χ2n) is 10.6. The zero-order valence-corrected chi connectivity index (χ0v) is 28.6. The zero-order chi connectivity index (χ0) is 33.8. The van der Waals surface area contributed by atoms with Crippen LogP contribution in [0.15, 0.2) is 106 Å². The first-order valence-corrected chi connectivity index (χ1v) is 16.6. The topological polar surface area (TPSA) is 88.4 Å². The van der Waals surface area contributed by atoms with Crippen LogP contribution >= 0.6 is 34.5 Å². The highest BCUT2D eigenvalue weighted by atomic mass is 35.5. The van der Waals surface area contributed by atoms with Gasteiger partial charge in [-0.3, -0.25) is 9.36 Å². The smallest absolute Gasteiger partial charge is 0.338 e. The summed E-state index contributed by atoms with van der Waals surface area (Å²) in [6.07, 6.45) is 1.77. The Morgan fingerprint density at radius 1 is 0.917 bits per heavy atom. The van der Waals surface area contributed by atoms with Crippen LogP contribution in [-0.4, -0.2) is 31.4 Å². The number of halogens is 2. The monoisotopic (exact) mass is 700 g/mol. The van der Waals surface area contributed by atoms with Gasteiger partial charge in [-0.1, -0.05) is 95.2 Å². The molecule has 48 heavy (non-hydrogen) atoms. The van der Waals surface area contributed by atoms with Crippen LogP contribution < -0.4 is 29.1 Å². The lowest BCUT2D eigenvalue weighted by molar-refractivity contribution is -0.138. The van der Waals surface area contributed by atoms with Crippen molar-refractivity contribution in [1.29, 1.82) is 0 Å². The first-order valence-electron chi connectivity index (χ1n) is 15.0. The molecule has 244 valence electrons. The highest BCUT2D eigenvalue weighted by Gasteiger charge is 2.35. The molecule has 11 heteroatoms. The number of rotatable bonds is 10. The van der Waals surface area contributed by atoms with E-state index in [0.717, 1.165) is 5.56 Å². The molecule has 0 aliphatic carbocycles. The normalized spacial score (nSPS) is 14.3. The van der Waals surface area contributed by atoms with Gasteiger partial charge in [0.05, 0.1) is 42.7 Å². The predicted octanol–water partition coefficient (Wildman–Crippen LogP) is 6.84. The molecule has 0 saturated heterocycles. The molecule has 6 rings (SSSR count). The quantitative estimate of drug-likeness (QED) is 0.148. The second kappa shape index (κ2) is 14.5. The molecule has 1 aromatic heterocycles. The van der Waals surface area contributed by atoms with Crippen molar-refractivity contribution < 1.29 is 23.7 Å². The summed E-state index contributed by atoms with van der Waals surface area (Å²) in [6, 6.07) is 26.4. The van der Waals surface area contributed by atoms with E-state index in [-0.39, 0.29) is 24.3 Å². The minimum atomic E-state index is -0.879. The fourth-order valence-corrected chi connectivity index (χ4v) is 6.90. The lowest BCUT2D eigenvalue weighted by atomic mass is 9.93. The number of benzene rings is 4. The van der Waals surface area contributed by atoms with E-state index in [2.05, 4.69) is 0 Å². The van der Waals surface area contributed by atoms with Crippen molar-refractivity contribution in [3.63, 3.8) is 0 Å². The summed E-state index contributed by atoms with van der Waals surface area (Å²) < 4.78 is 24.8. The lowest BCUT2D eigenvalue weighted by Gasteiger charge is -2.26. The Bertz CT molecular complexity index is 2210. The minimum absolute atomic E-state index is 0.144. The molecule has 2 heterocycles. The first-order chi connectivity index (χ1) is 23.3. The van der Waals surface area contributed by atoms with Crippen molar-refractivity contribution in [2.24, 2.45) is 4.99 Å². The molecule has 0 spiro atoms. The van der Waals surface area contributed by atoms with E-state index in [1.165, 1.54) is 23.0 Å². The number of aromatic nitrogens is 1. The molecule has 1 aliphatic heterocycles. The largest absolute Gasteiger partial charge is 0.493 e. The molecule has 0 saturated carbocycles. The van der Waals surface area contributed by atoms with Gasteiger partial charge in [0.15, 0.2) is 16.3 Å². The molecule has 5 aromatic rings. The van der Waals surface area contributed by atoms with Crippen LogP contribution in [0.25, 0.3) is 11.8 Å². The van der Waals surface area contributed by atoms with E-state index in [4.69, 9.17) is 47.1 Å². The average Bonchev–Trinajstić information content (AvgIpc) is 3.41. The number of methoxy groups -OCH3 is 2. The van der Waals surface area contributed by atoms with Gasteiger partial charge in [-0.15, -0.1) is 0 Å². The molecule has 0 radical (unpaired) electrons. The van der Waals surface area contributed by atoms with Gasteiger partial charge in [0.1, 0.15) is 12.4 Å². The summed E-state index contributed by atoms with van der Waals surface area (Å²) in [7, 11) is 3.08. The van der Waals surface area contributed by atoms with Gasteiger partial charge in [0, 0.05) is 26.7 Å². The minimum Gasteiger partial charge on any atom is -0.493 e. The average molecular weight is 702 g/mol. The summed E-state index contributed by atoms with van der Waals surface area (Å²) in [4.78, 5) is 33.5. The van der Waals surface area contributed by atoms with Crippen molar-refractivity contribution >= 4 is 52.3 Å². The maximum absolute atomic E-state index is 14.4. The highest BCUT2D eigenvalue weighted by Crippen LogP contribution is 2.38. The Balaban J connectivity index is 1.54. The standard InChI is InChI=1S/C37H30Cl2N2O6S/c1-4-46-36(43)32-33(22-10-6-5-7-11-22)40-37-41(34(32)24-15-17-29(44-2)30(18-24)45-3)35(42)31(48-37)19-23-12-8-9-13-28(23)47-21-25-14-16-26(38)20-27(25)39/h5-20,34H,4,21H2,1-3H3/b31-19+/t34-/m0/s1. The van der Waals surface area contributed by atoms with E-state index in [1.807, 2.05) is 66.7 Å². The number of carbonyl (C=O) groups is 1. The summed E-state index contributed by atoms with van der Waals surface area (Å²) in [6.45, 7) is 2.08. The summed E-state index contributed by atoms with van der Waals surface area (Å²) >= 11 is 13.7. The van der Waals surface area contributed by atoms with Crippen LogP contribution in [0.3, 0.4) is 0 Å². The molecular formula is C37H30Cl2N2O6S.